The van der Waals surface area contributed by atoms with Crippen molar-refractivity contribution in [2.45, 2.75) is 261 Å². The van der Waals surface area contributed by atoms with E-state index in [-0.39, 0.29) is 132 Å². The standard InChI is InChI=1S/C23H27ClF4N2O.C17H18ClF2NO.C11H17F2NO4.C11H19NO5.C11H17NO5.C6H11F2NO/c1-29-14-23(27,28)11-16(29)12-30-13-17(21-18(24)3-2-4-19(21)30)20(31)6-5-15-7-9-22(25,26)10-8-15;18-13-2-1-3-14-16(13)12(10-21-14)15(22)5-4-11-6-8-17(19,20)9-7-11;1-10(2,3)18-9(16)14-6-11(12,13)5-7(14)8(15)17-4;2*1-11(2,3)17-10(15)12-6-7(13)5-8(12)9(14)16-4;1-9-4-6(7,8)2-5(9)3-10/h2-4,13,15-16H,5-12,14H2,1H3;1-3,10-11,21H,4-9H2;7H,5-6H2,1-4H3;7-8,13H,5-6H2,1-4H3;8H,5-6H2,1-4H3;5,10H,2-4H2,1H3/t16-;;7-;7-,8+;8-;5-/m0.0100/s1. The monoisotopic (exact) mass is 1690 g/mol. The highest BCUT2D eigenvalue weighted by atomic mass is 35.5. The molecule has 0 spiro atoms. The number of carbonyl (C=O) groups excluding carboxylic acids is 9. The van der Waals surface area contributed by atoms with Gasteiger partial charge in [0.25, 0.3) is 17.8 Å². The van der Waals surface area contributed by atoms with Gasteiger partial charge in [-0.3, -0.25) is 38.9 Å². The van der Waals surface area contributed by atoms with Crippen LogP contribution in [0, 0.1) is 11.8 Å². The molecular weight excluding hydrogens is 1580 g/mol. The number of aliphatic hydroxyl groups excluding tert-OH is 2. The number of Topliss-reactive ketones (excluding diaryl/α,β-unsaturated/α-hetero) is 3. The van der Waals surface area contributed by atoms with Gasteiger partial charge in [-0.05, 0) is 151 Å². The van der Waals surface area contributed by atoms with Crippen LogP contribution in [0.25, 0.3) is 21.8 Å². The fourth-order valence-corrected chi connectivity index (χ4v) is 15.0. The van der Waals surface area contributed by atoms with E-state index in [1.807, 2.05) is 22.8 Å². The topological polar surface area (TPSA) is 286 Å². The van der Waals surface area contributed by atoms with Crippen LogP contribution in [-0.2, 0) is 54.1 Å². The van der Waals surface area contributed by atoms with Crippen LogP contribution in [0.1, 0.15) is 192 Å². The number of methoxy groups -OCH3 is 3. The molecule has 5 saturated heterocycles. The second kappa shape index (κ2) is 39.8. The Hall–Kier alpha value is -7.53. The van der Waals surface area contributed by atoms with Gasteiger partial charge in [-0.15, -0.1) is 0 Å². The molecule has 11 rings (SSSR count). The Morgan fingerprint density at radius 1 is 0.539 bits per heavy atom. The average molecular weight is 1690 g/mol. The molecule has 7 aliphatic rings. The minimum Gasteiger partial charge on any atom is -0.467 e. The summed E-state index contributed by atoms with van der Waals surface area (Å²) in [5, 5.41) is 20.5. The number of esters is 3. The van der Waals surface area contributed by atoms with Crippen molar-refractivity contribution in [2.24, 2.45) is 11.8 Å². The molecule has 7 heterocycles. The van der Waals surface area contributed by atoms with Crippen molar-refractivity contribution in [3.05, 3.63) is 70.0 Å². The molecule has 2 aliphatic carbocycles. The Morgan fingerprint density at radius 3 is 1.42 bits per heavy atom. The van der Waals surface area contributed by atoms with Gasteiger partial charge in [-0.25, -0.2) is 72.7 Å². The number of nitrogens with zero attached hydrogens (tertiary/aromatic N) is 6. The van der Waals surface area contributed by atoms with Crippen molar-refractivity contribution >= 4 is 98.5 Å². The number of amides is 3. The zero-order chi connectivity index (χ0) is 86.5. The number of hydrogen-bond acceptors (Lipinski definition) is 19. The molecule has 0 bridgehead atoms. The number of fused-ring (bicyclic) bond motifs is 2. The quantitative estimate of drug-likeness (QED) is 0.0457. The molecule has 3 amide bonds. The van der Waals surface area contributed by atoms with E-state index in [1.165, 1.54) is 24.0 Å². The number of alkyl halides is 10. The molecule has 115 heavy (non-hydrogen) atoms. The van der Waals surface area contributed by atoms with Gasteiger partial charge in [0.05, 0.1) is 82.3 Å². The largest absolute Gasteiger partial charge is 0.467 e. The molecule has 4 aromatic rings. The van der Waals surface area contributed by atoms with Crippen LogP contribution in [0.3, 0.4) is 0 Å². The van der Waals surface area contributed by atoms with E-state index in [0.717, 1.165) is 33.3 Å². The molecule has 5 aliphatic heterocycles. The lowest BCUT2D eigenvalue weighted by molar-refractivity contribution is -0.146. The Bertz CT molecular complexity index is 4010. The molecule has 0 radical (unpaired) electrons. The highest BCUT2D eigenvalue weighted by Gasteiger charge is 2.52. The highest BCUT2D eigenvalue weighted by molar-refractivity contribution is 6.37. The molecule has 2 saturated carbocycles. The van der Waals surface area contributed by atoms with E-state index >= 15 is 0 Å². The summed E-state index contributed by atoms with van der Waals surface area (Å²) in [7, 11) is 6.84. The van der Waals surface area contributed by atoms with Gasteiger partial charge < -0.3 is 48.2 Å². The number of H-pyrrole nitrogens is 1. The Labute approximate surface area is 672 Å². The highest BCUT2D eigenvalue weighted by Crippen LogP contribution is 2.42. The summed E-state index contributed by atoms with van der Waals surface area (Å²) in [5.74, 6) is -15.4. The summed E-state index contributed by atoms with van der Waals surface area (Å²) >= 11 is 12.6. The van der Waals surface area contributed by atoms with Crippen LogP contribution in [0.5, 0.6) is 0 Å². The number of hydrogen-bond donors (Lipinski definition) is 3. The van der Waals surface area contributed by atoms with Gasteiger partial charge in [0, 0.05) is 129 Å². The first kappa shape index (κ1) is 96.3. The minimum absolute atomic E-state index is 0.00802. The number of rotatable bonds is 14. The molecule has 646 valence electrons. The zero-order valence-corrected chi connectivity index (χ0v) is 69.0. The van der Waals surface area contributed by atoms with Crippen molar-refractivity contribution in [3.8, 4) is 0 Å². The second-order valence-corrected chi connectivity index (χ2v) is 34.1. The van der Waals surface area contributed by atoms with Crippen LogP contribution >= 0.6 is 23.2 Å². The molecule has 36 heteroatoms. The number of aromatic amines is 1. The van der Waals surface area contributed by atoms with Crippen LogP contribution in [0.15, 0.2) is 48.8 Å². The number of halogens is 12. The van der Waals surface area contributed by atoms with E-state index < -0.39 is 120 Å². The number of carbonyl (C=O) groups is 9. The summed E-state index contributed by atoms with van der Waals surface area (Å²) in [6.45, 7) is 14.1. The number of benzene rings is 2. The number of aromatic nitrogens is 2. The second-order valence-electron chi connectivity index (χ2n) is 33.3. The van der Waals surface area contributed by atoms with Gasteiger partial charge in [0.15, 0.2) is 17.3 Å². The Kier molecular flexibility index (Phi) is 33.3. The maximum atomic E-state index is 13.8. The third-order valence-electron chi connectivity index (χ3n) is 20.2. The number of β-amino-alcohol motifs (C(OH)–C–C–N with tert-alkyl or cyclic N) is 1. The normalized spacial score (nSPS) is 23.2. The molecule has 0 unspecified atom stereocenters. The molecule has 7 fully saturated rings. The lowest BCUT2D eigenvalue weighted by Gasteiger charge is -2.27. The SMILES string of the molecule is CN1CC(F)(F)C[C@H]1CO.CN1CC(F)(F)C[C@H]1Cn1cc(C(=O)CCC2CCC(F)(F)CC2)c2c(Cl)cccc21.COC(=O)[C@@H]1CC(=O)CN1C(=O)OC(C)(C)C.COC(=O)[C@@H]1CC(F)(F)CN1C(=O)OC(C)(C)C.COC(=O)[C@@H]1C[C@@H](O)CN1C(=O)OC(C)(C)C.O=C(CCC1CCC(F)(F)CC1)c1c[nH]c2cccc(Cl)c12. The molecule has 24 nitrogen and oxygen atoms in total. The number of likely N-dealkylation sites (tertiary alicyclic amines) is 5. The number of aliphatic hydroxyl groups is 2. The van der Waals surface area contributed by atoms with Gasteiger partial charge >= 0.3 is 36.2 Å². The molecular formula is C79H109Cl2F10N7O17. The van der Waals surface area contributed by atoms with E-state index in [2.05, 4.69) is 19.2 Å². The number of ketones is 3. The van der Waals surface area contributed by atoms with E-state index in [1.54, 1.807) is 112 Å². The first-order chi connectivity index (χ1) is 53.1. The lowest BCUT2D eigenvalue weighted by Crippen LogP contribution is -2.44. The summed E-state index contributed by atoms with van der Waals surface area (Å²) in [6.07, 6.45) is 2.95. The number of ether oxygens (including phenoxy) is 6. The average Bonchev–Trinajstić information content (AvgIpc) is 1.62. The minimum atomic E-state index is -3.10. The zero-order valence-electron chi connectivity index (χ0n) is 67.4. The molecule has 3 N–H and O–H groups in total. The van der Waals surface area contributed by atoms with Gasteiger partial charge in [0.1, 0.15) is 34.9 Å². The number of likely N-dealkylation sites (N-methyl/N-ethyl adjacent to an activating group) is 2. The fourth-order valence-electron chi connectivity index (χ4n) is 14.4. The predicted molar refractivity (Wildman–Crippen MR) is 406 cm³/mol. The summed E-state index contributed by atoms with van der Waals surface area (Å²) < 4.78 is 163. The smallest absolute Gasteiger partial charge is 0.411 e. The summed E-state index contributed by atoms with van der Waals surface area (Å²) in [6, 6.07) is 7.21. The van der Waals surface area contributed by atoms with Crippen LogP contribution in [0.2, 0.25) is 10.0 Å². The number of nitrogens with one attached hydrogen (secondary N) is 1. The summed E-state index contributed by atoms with van der Waals surface area (Å²) in [5.41, 5.74) is 0.561. The Morgan fingerprint density at radius 2 is 0.965 bits per heavy atom. The van der Waals surface area contributed by atoms with Crippen molar-refractivity contribution < 1.29 is 126 Å². The third kappa shape index (κ3) is 28.9. The predicted octanol–water partition coefficient (Wildman–Crippen LogP) is 15.4. The Balaban J connectivity index is 0.000000221. The van der Waals surface area contributed by atoms with Crippen molar-refractivity contribution in [2.75, 3.05) is 74.8 Å². The van der Waals surface area contributed by atoms with Gasteiger partial charge in [0.2, 0.25) is 11.8 Å². The van der Waals surface area contributed by atoms with E-state index in [9.17, 15) is 92.2 Å². The van der Waals surface area contributed by atoms with E-state index in [0.29, 0.717) is 78.0 Å². The molecule has 2 aromatic heterocycles. The molecule has 2 aromatic carbocycles. The first-order valence-corrected chi connectivity index (χ1v) is 38.8. The molecule has 6 atom stereocenters. The summed E-state index contributed by atoms with van der Waals surface area (Å²) in [4.78, 5) is 116. The van der Waals surface area contributed by atoms with E-state index in [4.69, 9.17) is 42.5 Å². The van der Waals surface area contributed by atoms with Crippen molar-refractivity contribution in [1.29, 1.82) is 0 Å². The van der Waals surface area contributed by atoms with Gasteiger partial charge in [-0.2, -0.15) is 0 Å². The maximum absolute atomic E-state index is 13.8. The van der Waals surface area contributed by atoms with Crippen LogP contribution in [0.4, 0.5) is 58.3 Å². The van der Waals surface area contributed by atoms with Crippen LogP contribution in [-0.4, -0.2) is 255 Å². The maximum Gasteiger partial charge on any atom is 0.411 e. The van der Waals surface area contributed by atoms with Crippen molar-refractivity contribution in [1.82, 2.24) is 34.1 Å². The fraction of sp³-hybridized carbons (Fsp3) is 0.684. The van der Waals surface area contributed by atoms with Gasteiger partial charge in [-0.1, -0.05) is 35.3 Å². The van der Waals surface area contributed by atoms with Crippen LogP contribution < -0.4 is 0 Å². The third-order valence-corrected chi connectivity index (χ3v) is 20.9. The first-order valence-electron chi connectivity index (χ1n) is 38.0. The lowest BCUT2D eigenvalue weighted by atomic mass is 9.83. The van der Waals surface area contributed by atoms with Crippen molar-refractivity contribution in [3.63, 3.8) is 0 Å².